The summed E-state index contributed by atoms with van der Waals surface area (Å²) in [6.07, 6.45) is 7.66. The number of pyridine rings is 1. The van der Waals surface area contributed by atoms with E-state index in [0.29, 0.717) is 35.3 Å². The maximum Gasteiger partial charge on any atom is 0.258 e. The monoisotopic (exact) mass is 822 g/mol. The third-order valence-corrected chi connectivity index (χ3v) is 12.3. The number of nitrogens with zero attached hydrogens (tertiary/aromatic N) is 7. The van der Waals surface area contributed by atoms with Crippen molar-refractivity contribution >= 4 is 46.6 Å². The molecule has 3 aromatic carbocycles. The minimum absolute atomic E-state index is 0.0316. The Labute approximate surface area is 353 Å². The van der Waals surface area contributed by atoms with Gasteiger partial charge < -0.3 is 20.4 Å². The van der Waals surface area contributed by atoms with Gasteiger partial charge in [-0.15, -0.1) is 0 Å². The van der Waals surface area contributed by atoms with Crippen molar-refractivity contribution in [3.63, 3.8) is 0 Å². The van der Waals surface area contributed by atoms with Crippen molar-refractivity contribution in [2.24, 2.45) is 0 Å². The highest BCUT2D eigenvalue weighted by Crippen LogP contribution is 2.32. The lowest BCUT2D eigenvalue weighted by molar-refractivity contribution is -0.136. The number of hydrogen-bond acceptors (Lipinski definition) is 11. The smallest absolute Gasteiger partial charge is 0.258 e. The molecule has 4 aliphatic heterocycles. The van der Waals surface area contributed by atoms with Crippen molar-refractivity contribution in [1.29, 1.82) is 0 Å². The Kier molecular flexibility index (Phi) is 11.2. The third-order valence-electron chi connectivity index (χ3n) is 12.3. The van der Waals surface area contributed by atoms with E-state index in [4.69, 9.17) is 0 Å². The number of carbonyl (C=O) groups excluding carboxylic acids is 4. The largest absolute Gasteiger partial charge is 0.371 e. The summed E-state index contributed by atoms with van der Waals surface area (Å²) in [6.45, 7) is 8.15. The summed E-state index contributed by atoms with van der Waals surface area (Å²) in [7, 11) is 0. The van der Waals surface area contributed by atoms with Crippen molar-refractivity contribution in [1.82, 2.24) is 35.0 Å². The van der Waals surface area contributed by atoms with Crippen LogP contribution in [0.2, 0.25) is 0 Å². The van der Waals surface area contributed by atoms with Gasteiger partial charge in [0.05, 0.1) is 11.3 Å². The van der Waals surface area contributed by atoms with E-state index in [1.807, 2.05) is 73.7 Å². The molecule has 2 aromatic heterocycles. The van der Waals surface area contributed by atoms with Crippen molar-refractivity contribution in [3.8, 4) is 11.3 Å². The van der Waals surface area contributed by atoms with Gasteiger partial charge in [0.25, 0.3) is 11.8 Å². The Morgan fingerprint density at radius 3 is 2.46 bits per heavy atom. The van der Waals surface area contributed by atoms with Crippen LogP contribution in [0.25, 0.3) is 11.3 Å². The SMILES string of the molecule is Cc1ccc(NC(=O)c2ccc(N3CCC(N4CCN(Cc5cc(F)c6c(c5)CN(C5CCC(=O)NC5=O)C6=O)CC4)CC3)cc2)cc1Nc1nccc(-c2cccnc2)n1. The zero-order valence-electron chi connectivity index (χ0n) is 33.9. The molecule has 5 aromatic rings. The zero-order valence-corrected chi connectivity index (χ0v) is 33.9. The lowest BCUT2D eigenvalue weighted by Gasteiger charge is -2.43. The van der Waals surface area contributed by atoms with Crippen LogP contribution in [0.3, 0.4) is 0 Å². The molecule has 9 rings (SSSR count). The molecule has 0 saturated carbocycles. The summed E-state index contributed by atoms with van der Waals surface area (Å²) >= 11 is 0. The summed E-state index contributed by atoms with van der Waals surface area (Å²) in [6, 6.07) is 22.2. The molecule has 0 radical (unpaired) electrons. The molecule has 6 heterocycles. The first-order valence-corrected chi connectivity index (χ1v) is 20.8. The number of hydrogen-bond donors (Lipinski definition) is 3. The second-order valence-corrected chi connectivity index (χ2v) is 16.2. The fraction of sp³-hybridized carbons (Fsp3) is 0.326. The molecule has 1 atom stereocenters. The van der Waals surface area contributed by atoms with E-state index in [1.165, 1.54) is 11.0 Å². The van der Waals surface area contributed by atoms with Crippen LogP contribution in [0.4, 0.5) is 27.4 Å². The fourth-order valence-electron chi connectivity index (χ4n) is 8.92. The molecule has 3 N–H and O–H groups in total. The number of anilines is 4. The van der Waals surface area contributed by atoms with Gasteiger partial charge in [0.1, 0.15) is 11.9 Å². The summed E-state index contributed by atoms with van der Waals surface area (Å²) < 4.78 is 15.3. The molecule has 0 bridgehead atoms. The van der Waals surface area contributed by atoms with Crippen LogP contribution in [0, 0.1) is 12.7 Å². The molecular formula is C46H47FN10O4. The molecule has 312 valence electrons. The average molecular weight is 823 g/mol. The molecule has 4 aliphatic rings. The molecule has 15 heteroatoms. The summed E-state index contributed by atoms with van der Waals surface area (Å²) in [5, 5.41) is 8.62. The van der Waals surface area contributed by atoms with Gasteiger partial charge in [-0.05, 0) is 104 Å². The van der Waals surface area contributed by atoms with Crippen LogP contribution >= 0.6 is 0 Å². The number of benzene rings is 3. The number of piperidine rings is 2. The number of carbonyl (C=O) groups is 4. The van der Waals surface area contributed by atoms with Gasteiger partial charge in [-0.3, -0.25) is 39.3 Å². The van der Waals surface area contributed by atoms with Crippen molar-refractivity contribution in [3.05, 3.63) is 125 Å². The van der Waals surface area contributed by atoms with Crippen LogP contribution in [0.15, 0.2) is 91.4 Å². The van der Waals surface area contributed by atoms with Gasteiger partial charge in [0, 0.05) is 112 Å². The first-order chi connectivity index (χ1) is 29.6. The Balaban J connectivity index is 0.737. The Morgan fingerprint density at radius 2 is 1.70 bits per heavy atom. The second-order valence-electron chi connectivity index (χ2n) is 16.2. The first kappa shape index (κ1) is 39.9. The Bertz CT molecular complexity index is 2470. The number of aryl methyl sites for hydroxylation is 1. The number of nitrogens with one attached hydrogen (secondary N) is 3. The lowest BCUT2D eigenvalue weighted by atomic mass is 10.0. The van der Waals surface area contributed by atoms with Gasteiger partial charge in [-0.1, -0.05) is 12.1 Å². The molecule has 3 saturated heterocycles. The highest BCUT2D eigenvalue weighted by atomic mass is 19.1. The maximum absolute atomic E-state index is 15.3. The first-order valence-electron chi connectivity index (χ1n) is 20.8. The van der Waals surface area contributed by atoms with Gasteiger partial charge in [-0.25, -0.2) is 14.4 Å². The summed E-state index contributed by atoms with van der Waals surface area (Å²) in [5.41, 5.74) is 7.18. The molecule has 0 spiro atoms. The number of aromatic nitrogens is 3. The molecule has 61 heavy (non-hydrogen) atoms. The van der Waals surface area contributed by atoms with Crippen molar-refractivity contribution in [2.75, 3.05) is 54.8 Å². The number of rotatable bonds is 10. The Morgan fingerprint density at radius 1 is 0.902 bits per heavy atom. The predicted octanol–water partition coefficient (Wildman–Crippen LogP) is 5.53. The van der Waals surface area contributed by atoms with Gasteiger partial charge in [0.15, 0.2) is 0 Å². The van der Waals surface area contributed by atoms with E-state index in [1.54, 1.807) is 18.6 Å². The summed E-state index contributed by atoms with van der Waals surface area (Å²) in [5.74, 6) is -1.65. The second kappa shape index (κ2) is 17.2. The predicted molar refractivity (Wildman–Crippen MR) is 229 cm³/mol. The molecular weight excluding hydrogens is 776 g/mol. The zero-order chi connectivity index (χ0) is 42.0. The molecule has 1 unspecified atom stereocenters. The van der Waals surface area contributed by atoms with E-state index in [9.17, 15) is 19.2 Å². The number of piperazine rings is 1. The minimum Gasteiger partial charge on any atom is -0.371 e. The van der Waals surface area contributed by atoms with Crippen LogP contribution in [0.5, 0.6) is 0 Å². The molecule has 14 nitrogen and oxygen atoms in total. The normalized spacial score (nSPS) is 18.9. The highest BCUT2D eigenvalue weighted by molar-refractivity contribution is 6.06. The number of halogens is 1. The van der Waals surface area contributed by atoms with Crippen LogP contribution in [0.1, 0.15) is 63.1 Å². The van der Waals surface area contributed by atoms with Gasteiger partial charge >= 0.3 is 0 Å². The van der Waals surface area contributed by atoms with Crippen molar-refractivity contribution < 1.29 is 23.6 Å². The summed E-state index contributed by atoms with van der Waals surface area (Å²) in [4.78, 5) is 72.4. The number of amides is 4. The molecule has 3 fully saturated rings. The molecule has 4 amide bonds. The van der Waals surface area contributed by atoms with E-state index in [0.717, 1.165) is 85.9 Å². The average Bonchev–Trinajstić information content (AvgIpc) is 3.61. The van der Waals surface area contributed by atoms with E-state index < -0.39 is 23.7 Å². The third kappa shape index (κ3) is 8.70. The van der Waals surface area contributed by atoms with Crippen molar-refractivity contribution in [2.45, 2.75) is 57.8 Å². The fourth-order valence-corrected chi connectivity index (χ4v) is 8.92. The van der Waals surface area contributed by atoms with Crippen LogP contribution < -0.4 is 20.9 Å². The Hall–Kier alpha value is -6.58. The molecule has 0 aliphatic carbocycles. The van der Waals surface area contributed by atoms with Crippen LogP contribution in [-0.4, -0.2) is 105 Å². The number of fused-ring (bicyclic) bond motifs is 1. The van der Waals surface area contributed by atoms with E-state index >= 15 is 4.39 Å². The quantitative estimate of drug-likeness (QED) is 0.152. The minimum atomic E-state index is -0.769. The lowest BCUT2D eigenvalue weighted by Crippen LogP contribution is -2.53. The van der Waals surface area contributed by atoms with E-state index in [-0.39, 0.29) is 36.8 Å². The maximum atomic E-state index is 15.3. The topological polar surface area (TPSA) is 156 Å². The van der Waals surface area contributed by atoms with Gasteiger partial charge in [-0.2, -0.15) is 0 Å². The van der Waals surface area contributed by atoms with Gasteiger partial charge in [0.2, 0.25) is 17.8 Å². The number of imide groups is 1. The van der Waals surface area contributed by atoms with E-state index in [2.05, 4.69) is 45.6 Å². The highest BCUT2D eigenvalue weighted by Gasteiger charge is 2.41. The van der Waals surface area contributed by atoms with Crippen LogP contribution in [-0.2, 0) is 22.7 Å². The standard InChI is InChI=1S/C46H47FN10O4/c1-29-4-7-34(25-39(29)52-46-49-16-12-38(51-46)32-3-2-15-48-26-32)50-43(59)31-5-8-35(9-6-31)55-17-13-36(14-18-55)56-21-19-54(20-22-56)27-30-23-33-28-57(45(61)42(33)37(47)24-30)40-10-11-41(58)53-44(40)60/h2-9,12,15-16,23-26,36,40H,10-11,13-14,17-22,27-28H2,1H3,(H,50,59)(H,49,51,52)(H,53,58,60).